The standard InChI is InChI=1S/C16H24Br2N2O/c1-5-19-14-6-7-20(11(3)10(14)2)15-9-16(21-4)13(18)8-12(15)17/h8-11,14,19H,5-7H2,1-4H3. The maximum Gasteiger partial charge on any atom is 0.135 e. The fourth-order valence-corrected chi connectivity index (χ4v) is 4.53. The highest BCUT2D eigenvalue weighted by molar-refractivity contribution is 9.11. The summed E-state index contributed by atoms with van der Waals surface area (Å²) < 4.78 is 7.53. The number of halogens is 2. The van der Waals surface area contributed by atoms with Crippen molar-refractivity contribution < 1.29 is 4.74 Å². The van der Waals surface area contributed by atoms with E-state index in [1.807, 2.05) is 0 Å². The van der Waals surface area contributed by atoms with Gasteiger partial charge in [-0.15, -0.1) is 0 Å². The molecule has 1 fully saturated rings. The Bertz CT molecular complexity index is 495. The van der Waals surface area contributed by atoms with Crippen LogP contribution in [0.15, 0.2) is 21.1 Å². The summed E-state index contributed by atoms with van der Waals surface area (Å²) in [6, 6.07) is 5.29. The summed E-state index contributed by atoms with van der Waals surface area (Å²) in [7, 11) is 1.71. The van der Waals surface area contributed by atoms with E-state index in [9.17, 15) is 0 Å². The van der Waals surface area contributed by atoms with Crippen LogP contribution in [0.1, 0.15) is 27.2 Å². The van der Waals surface area contributed by atoms with E-state index in [1.165, 1.54) is 12.1 Å². The molecular weight excluding hydrogens is 396 g/mol. The van der Waals surface area contributed by atoms with Crippen LogP contribution in [-0.2, 0) is 0 Å². The van der Waals surface area contributed by atoms with Crippen LogP contribution in [0, 0.1) is 5.92 Å². The molecule has 0 amide bonds. The molecule has 1 saturated heterocycles. The fourth-order valence-electron chi connectivity index (χ4n) is 3.15. The molecule has 1 aromatic rings. The minimum atomic E-state index is 0.491. The van der Waals surface area contributed by atoms with E-state index in [2.05, 4.69) is 75.0 Å². The Balaban J connectivity index is 2.27. The molecule has 0 aliphatic carbocycles. The minimum Gasteiger partial charge on any atom is -0.495 e. The molecule has 5 heteroatoms. The zero-order chi connectivity index (χ0) is 15.6. The van der Waals surface area contributed by atoms with Crippen molar-refractivity contribution in [2.45, 2.75) is 39.3 Å². The molecule has 0 saturated carbocycles. The maximum absolute atomic E-state index is 5.45. The monoisotopic (exact) mass is 418 g/mol. The molecule has 1 aliphatic rings. The predicted octanol–water partition coefficient (Wildman–Crippen LogP) is 4.43. The first-order valence-corrected chi connectivity index (χ1v) is 9.11. The smallest absolute Gasteiger partial charge is 0.135 e. The van der Waals surface area contributed by atoms with Gasteiger partial charge in [-0.3, -0.25) is 0 Å². The predicted molar refractivity (Wildman–Crippen MR) is 96.4 cm³/mol. The number of nitrogens with one attached hydrogen (secondary N) is 1. The number of piperidine rings is 1. The number of anilines is 1. The Morgan fingerprint density at radius 3 is 2.62 bits per heavy atom. The molecule has 1 heterocycles. The van der Waals surface area contributed by atoms with E-state index in [0.29, 0.717) is 18.0 Å². The Morgan fingerprint density at radius 1 is 1.29 bits per heavy atom. The first-order valence-electron chi connectivity index (χ1n) is 7.52. The molecule has 1 N–H and O–H groups in total. The normalized spacial score (nSPS) is 26.0. The number of methoxy groups -OCH3 is 1. The molecule has 0 bridgehead atoms. The van der Waals surface area contributed by atoms with Crippen molar-refractivity contribution >= 4 is 37.5 Å². The van der Waals surface area contributed by atoms with Gasteiger partial charge in [-0.25, -0.2) is 0 Å². The van der Waals surface area contributed by atoms with Crippen LogP contribution in [0.2, 0.25) is 0 Å². The van der Waals surface area contributed by atoms with Crippen LogP contribution in [0.4, 0.5) is 5.69 Å². The number of benzene rings is 1. The van der Waals surface area contributed by atoms with Crippen molar-refractivity contribution in [3.63, 3.8) is 0 Å². The molecule has 3 atom stereocenters. The second kappa shape index (κ2) is 7.34. The van der Waals surface area contributed by atoms with E-state index in [0.717, 1.165) is 27.8 Å². The highest BCUT2D eigenvalue weighted by Crippen LogP contribution is 2.39. The molecular formula is C16H24Br2N2O. The molecule has 3 nitrogen and oxygen atoms in total. The molecule has 2 rings (SSSR count). The number of nitrogens with zero attached hydrogens (tertiary/aromatic N) is 1. The largest absolute Gasteiger partial charge is 0.495 e. The van der Waals surface area contributed by atoms with Crippen molar-refractivity contribution in [1.29, 1.82) is 0 Å². The second-order valence-electron chi connectivity index (χ2n) is 5.68. The highest BCUT2D eigenvalue weighted by atomic mass is 79.9. The first kappa shape index (κ1) is 17.1. The average molecular weight is 420 g/mol. The minimum absolute atomic E-state index is 0.491. The lowest BCUT2D eigenvalue weighted by Crippen LogP contribution is -2.53. The van der Waals surface area contributed by atoms with Crippen LogP contribution >= 0.6 is 31.9 Å². The molecule has 1 aliphatic heterocycles. The van der Waals surface area contributed by atoms with Crippen LogP contribution < -0.4 is 15.0 Å². The number of rotatable bonds is 4. The van der Waals surface area contributed by atoms with Gasteiger partial charge in [0, 0.05) is 29.2 Å². The van der Waals surface area contributed by atoms with Gasteiger partial charge >= 0.3 is 0 Å². The lowest BCUT2D eigenvalue weighted by atomic mass is 9.86. The summed E-state index contributed by atoms with van der Waals surface area (Å²) in [5.74, 6) is 1.49. The Hall–Kier alpha value is -0.260. The van der Waals surface area contributed by atoms with Crippen LogP contribution in [0.3, 0.4) is 0 Å². The summed E-state index contributed by atoms with van der Waals surface area (Å²) in [4.78, 5) is 2.48. The summed E-state index contributed by atoms with van der Waals surface area (Å²) in [5, 5.41) is 3.61. The van der Waals surface area contributed by atoms with Gasteiger partial charge < -0.3 is 15.0 Å². The maximum atomic E-state index is 5.45. The van der Waals surface area contributed by atoms with E-state index < -0.39 is 0 Å². The van der Waals surface area contributed by atoms with Gasteiger partial charge in [0.25, 0.3) is 0 Å². The van der Waals surface area contributed by atoms with Gasteiger partial charge in [-0.1, -0.05) is 13.8 Å². The lowest BCUT2D eigenvalue weighted by molar-refractivity contribution is 0.274. The van der Waals surface area contributed by atoms with Crippen molar-refractivity contribution in [3.8, 4) is 5.75 Å². The third-order valence-electron chi connectivity index (χ3n) is 4.57. The molecule has 0 aromatic heterocycles. The van der Waals surface area contributed by atoms with Crippen LogP contribution in [-0.4, -0.2) is 32.3 Å². The van der Waals surface area contributed by atoms with Gasteiger partial charge in [0.15, 0.2) is 0 Å². The third kappa shape index (κ3) is 3.57. The summed E-state index contributed by atoms with van der Waals surface area (Å²) in [6.07, 6.45) is 1.17. The molecule has 0 radical (unpaired) electrons. The van der Waals surface area contributed by atoms with Crippen molar-refractivity contribution in [1.82, 2.24) is 5.32 Å². The van der Waals surface area contributed by atoms with E-state index in [-0.39, 0.29) is 0 Å². The van der Waals surface area contributed by atoms with Gasteiger partial charge in [-0.2, -0.15) is 0 Å². The summed E-state index contributed by atoms with van der Waals surface area (Å²) >= 11 is 7.24. The Morgan fingerprint density at radius 2 is 2.00 bits per heavy atom. The zero-order valence-electron chi connectivity index (χ0n) is 13.1. The van der Waals surface area contributed by atoms with Crippen molar-refractivity contribution in [2.75, 3.05) is 25.1 Å². The fraction of sp³-hybridized carbons (Fsp3) is 0.625. The molecule has 21 heavy (non-hydrogen) atoms. The van der Waals surface area contributed by atoms with E-state index in [1.54, 1.807) is 7.11 Å². The quantitative estimate of drug-likeness (QED) is 0.780. The SMILES string of the molecule is CCNC1CCN(c2cc(OC)c(Br)cc2Br)C(C)C1C. The molecule has 118 valence electrons. The average Bonchev–Trinajstić information content (AvgIpc) is 2.45. The number of hydrogen-bond donors (Lipinski definition) is 1. The lowest BCUT2D eigenvalue weighted by Gasteiger charge is -2.44. The van der Waals surface area contributed by atoms with E-state index >= 15 is 0 Å². The summed E-state index contributed by atoms with van der Waals surface area (Å²) in [5.41, 5.74) is 1.21. The van der Waals surface area contributed by atoms with Gasteiger partial charge in [0.05, 0.1) is 17.3 Å². The van der Waals surface area contributed by atoms with Crippen LogP contribution in [0.25, 0.3) is 0 Å². The second-order valence-corrected chi connectivity index (χ2v) is 7.39. The van der Waals surface area contributed by atoms with Crippen molar-refractivity contribution in [2.24, 2.45) is 5.92 Å². The molecule has 1 aromatic carbocycles. The van der Waals surface area contributed by atoms with Crippen LogP contribution in [0.5, 0.6) is 5.75 Å². The number of ether oxygens (including phenoxy) is 1. The van der Waals surface area contributed by atoms with Gasteiger partial charge in [0.2, 0.25) is 0 Å². The molecule has 3 unspecified atom stereocenters. The molecule has 0 spiro atoms. The number of hydrogen-bond acceptors (Lipinski definition) is 3. The van der Waals surface area contributed by atoms with Crippen molar-refractivity contribution in [3.05, 3.63) is 21.1 Å². The Kier molecular flexibility index (Phi) is 5.97. The topological polar surface area (TPSA) is 24.5 Å². The van der Waals surface area contributed by atoms with Gasteiger partial charge in [-0.05, 0) is 63.7 Å². The van der Waals surface area contributed by atoms with Gasteiger partial charge in [0.1, 0.15) is 5.75 Å². The Labute approximate surface area is 144 Å². The zero-order valence-corrected chi connectivity index (χ0v) is 16.3. The highest BCUT2D eigenvalue weighted by Gasteiger charge is 2.33. The third-order valence-corrected chi connectivity index (χ3v) is 5.82. The summed E-state index contributed by atoms with van der Waals surface area (Å²) in [6.45, 7) is 8.94. The van der Waals surface area contributed by atoms with E-state index in [4.69, 9.17) is 4.74 Å². The first-order chi connectivity index (χ1) is 9.99.